The highest BCUT2D eigenvalue weighted by molar-refractivity contribution is 6.36. The molecule has 0 radical (unpaired) electrons. The number of carbonyl (C=O) groups excluding carboxylic acids is 1. The molecule has 4 aromatic rings. The molecule has 1 fully saturated rings. The summed E-state index contributed by atoms with van der Waals surface area (Å²) in [7, 11) is 0. The van der Waals surface area contributed by atoms with Gasteiger partial charge >= 0.3 is 0 Å². The molecule has 0 saturated carbocycles. The third-order valence-corrected chi connectivity index (χ3v) is 7.58. The second-order valence-electron chi connectivity index (χ2n) is 9.10. The Labute approximate surface area is 229 Å². The minimum Gasteiger partial charge on any atom is -0.368 e. The number of halogens is 3. The summed E-state index contributed by atoms with van der Waals surface area (Å²) in [5.74, 6) is 0.978. The fourth-order valence-electron chi connectivity index (χ4n) is 4.77. The summed E-state index contributed by atoms with van der Waals surface area (Å²) < 4.78 is 1.94. The lowest BCUT2D eigenvalue weighted by atomic mass is 9.86. The largest absolute Gasteiger partial charge is 0.368 e. The highest BCUT2D eigenvalue weighted by Crippen LogP contribution is 2.37. The summed E-state index contributed by atoms with van der Waals surface area (Å²) in [5, 5.41) is 5.00. The van der Waals surface area contributed by atoms with Crippen molar-refractivity contribution in [2.75, 3.05) is 24.5 Å². The molecule has 1 amide bonds. The third-order valence-electron chi connectivity index (χ3n) is 6.78. The first kappa shape index (κ1) is 25.7. The molecule has 1 aliphatic heterocycles. The Bertz CT molecular complexity index is 1450. The number of nitrogens with one attached hydrogen (secondary N) is 1. The first-order valence-corrected chi connectivity index (χ1v) is 13.2. The van der Waals surface area contributed by atoms with Gasteiger partial charge in [-0.25, -0.2) is 15.0 Å². The van der Waals surface area contributed by atoms with Gasteiger partial charge in [0.15, 0.2) is 17.0 Å². The summed E-state index contributed by atoms with van der Waals surface area (Å²) in [5.41, 5.74) is 7.89. The molecule has 2 aromatic heterocycles. The van der Waals surface area contributed by atoms with Crippen LogP contribution in [0.15, 0.2) is 48.8 Å². The SMILES string of the molecule is CCCNC1(C(N)=O)CCN(c2ncnc3c2nc(-c2ccc(Cl)cc2Cl)n3-c2ccc(Cl)cc2)CC1. The lowest BCUT2D eigenvalue weighted by Crippen LogP contribution is -2.61. The topological polar surface area (TPSA) is 102 Å². The number of carbonyl (C=O) groups is 1. The van der Waals surface area contributed by atoms with Crippen LogP contribution in [0.4, 0.5) is 5.82 Å². The Kier molecular flexibility index (Phi) is 7.27. The van der Waals surface area contributed by atoms with Crippen LogP contribution in [0.3, 0.4) is 0 Å². The molecule has 0 spiro atoms. The summed E-state index contributed by atoms with van der Waals surface area (Å²) in [6.45, 7) is 3.99. The van der Waals surface area contributed by atoms with Crippen LogP contribution in [0, 0.1) is 0 Å². The summed E-state index contributed by atoms with van der Waals surface area (Å²) >= 11 is 18.9. The molecular formula is C26H26Cl3N7O. The minimum absolute atomic E-state index is 0.319. The number of aromatic nitrogens is 4. The predicted molar refractivity (Wildman–Crippen MR) is 149 cm³/mol. The smallest absolute Gasteiger partial charge is 0.237 e. The Balaban J connectivity index is 1.61. The summed E-state index contributed by atoms with van der Waals surface area (Å²) in [6.07, 6.45) is 3.59. The van der Waals surface area contributed by atoms with Gasteiger partial charge in [-0.2, -0.15) is 0 Å². The number of rotatable bonds is 7. The molecule has 2 aromatic carbocycles. The van der Waals surface area contributed by atoms with E-state index in [1.54, 1.807) is 12.1 Å². The van der Waals surface area contributed by atoms with Gasteiger partial charge in [0.05, 0.1) is 5.02 Å². The van der Waals surface area contributed by atoms with Gasteiger partial charge in [0.2, 0.25) is 5.91 Å². The third kappa shape index (κ3) is 4.86. The number of imidazole rings is 1. The average molecular weight is 559 g/mol. The highest BCUT2D eigenvalue weighted by Gasteiger charge is 2.40. The summed E-state index contributed by atoms with van der Waals surface area (Å²) in [6, 6.07) is 12.7. The zero-order valence-corrected chi connectivity index (χ0v) is 22.5. The van der Waals surface area contributed by atoms with Crippen molar-refractivity contribution in [1.82, 2.24) is 24.8 Å². The molecule has 11 heteroatoms. The monoisotopic (exact) mass is 557 g/mol. The lowest BCUT2D eigenvalue weighted by molar-refractivity contribution is -0.125. The van der Waals surface area contributed by atoms with E-state index < -0.39 is 5.54 Å². The van der Waals surface area contributed by atoms with Crippen molar-refractivity contribution in [2.45, 2.75) is 31.7 Å². The quantitative estimate of drug-likeness (QED) is 0.321. The van der Waals surface area contributed by atoms with E-state index in [-0.39, 0.29) is 5.91 Å². The van der Waals surface area contributed by atoms with E-state index >= 15 is 0 Å². The van der Waals surface area contributed by atoms with Crippen molar-refractivity contribution in [3.63, 3.8) is 0 Å². The van der Waals surface area contributed by atoms with E-state index in [0.717, 1.165) is 18.7 Å². The number of fused-ring (bicyclic) bond motifs is 1. The van der Waals surface area contributed by atoms with Crippen molar-refractivity contribution in [1.29, 1.82) is 0 Å². The number of amides is 1. The van der Waals surface area contributed by atoms with Crippen molar-refractivity contribution < 1.29 is 4.79 Å². The fraction of sp³-hybridized carbons (Fsp3) is 0.308. The van der Waals surface area contributed by atoms with Crippen molar-refractivity contribution >= 4 is 57.7 Å². The maximum Gasteiger partial charge on any atom is 0.237 e. The molecule has 8 nitrogen and oxygen atoms in total. The van der Waals surface area contributed by atoms with Crippen LogP contribution in [0.25, 0.3) is 28.2 Å². The second kappa shape index (κ2) is 10.5. The number of primary amides is 1. The molecule has 0 aliphatic carbocycles. The van der Waals surface area contributed by atoms with Gasteiger partial charge in [-0.1, -0.05) is 41.7 Å². The highest BCUT2D eigenvalue weighted by atomic mass is 35.5. The van der Waals surface area contributed by atoms with Crippen LogP contribution in [-0.4, -0.2) is 50.6 Å². The van der Waals surface area contributed by atoms with Crippen LogP contribution < -0.4 is 16.0 Å². The van der Waals surface area contributed by atoms with Gasteiger partial charge in [-0.3, -0.25) is 9.36 Å². The van der Waals surface area contributed by atoms with Crippen molar-refractivity contribution in [3.05, 3.63) is 63.9 Å². The number of benzene rings is 2. The number of nitrogens with two attached hydrogens (primary N) is 1. The molecule has 3 heterocycles. The van der Waals surface area contributed by atoms with E-state index in [2.05, 4.69) is 27.1 Å². The standard InChI is InChI=1S/C26H26Cl3N7O/c1-2-11-33-26(25(30)37)9-12-35(13-10-26)23-21-24(32-15-31-23)36(18-6-3-16(27)4-7-18)22(34-21)19-8-5-17(28)14-20(19)29/h3-8,14-15,33H,2,9-13H2,1H3,(H2,30,37). The maximum absolute atomic E-state index is 12.3. The van der Waals surface area contributed by atoms with E-state index in [9.17, 15) is 4.79 Å². The van der Waals surface area contributed by atoms with E-state index in [1.165, 1.54) is 6.33 Å². The van der Waals surface area contributed by atoms with E-state index in [0.29, 0.717) is 69.4 Å². The van der Waals surface area contributed by atoms with Crippen molar-refractivity contribution in [3.8, 4) is 17.1 Å². The molecule has 37 heavy (non-hydrogen) atoms. The van der Waals surface area contributed by atoms with Gasteiger partial charge in [-0.05, 0) is 68.3 Å². The van der Waals surface area contributed by atoms with Gasteiger partial charge < -0.3 is 16.0 Å². The Hall–Kier alpha value is -2.91. The van der Waals surface area contributed by atoms with Gasteiger partial charge in [0, 0.05) is 34.4 Å². The number of hydrogen-bond acceptors (Lipinski definition) is 6. The predicted octanol–water partition coefficient (Wildman–Crippen LogP) is 5.27. The molecule has 0 unspecified atom stereocenters. The molecule has 0 atom stereocenters. The van der Waals surface area contributed by atoms with E-state index in [4.69, 9.17) is 45.5 Å². The molecule has 192 valence electrons. The Morgan fingerprint density at radius 3 is 2.41 bits per heavy atom. The van der Waals surface area contributed by atoms with Crippen LogP contribution >= 0.6 is 34.8 Å². The van der Waals surface area contributed by atoms with E-state index in [1.807, 2.05) is 34.9 Å². The van der Waals surface area contributed by atoms with Crippen LogP contribution in [0.5, 0.6) is 0 Å². The molecular weight excluding hydrogens is 533 g/mol. The first-order chi connectivity index (χ1) is 17.8. The van der Waals surface area contributed by atoms with Crippen LogP contribution in [0.2, 0.25) is 15.1 Å². The molecule has 3 N–H and O–H groups in total. The zero-order valence-electron chi connectivity index (χ0n) is 20.2. The maximum atomic E-state index is 12.3. The Morgan fingerprint density at radius 2 is 1.76 bits per heavy atom. The number of hydrogen-bond donors (Lipinski definition) is 2. The first-order valence-electron chi connectivity index (χ1n) is 12.1. The van der Waals surface area contributed by atoms with Crippen molar-refractivity contribution in [2.24, 2.45) is 5.73 Å². The normalized spacial score (nSPS) is 15.3. The van der Waals surface area contributed by atoms with Gasteiger partial charge in [0.1, 0.15) is 17.7 Å². The summed E-state index contributed by atoms with van der Waals surface area (Å²) in [4.78, 5) is 28.7. The van der Waals surface area contributed by atoms with Gasteiger partial charge in [0.25, 0.3) is 0 Å². The molecule has 0 bridgehead atoms. The Morgan fingerprint density at radius 1 is 1.05 bits per heavy atom. The number of nitrogens with zero attached hydrogens (tertiary/aromatic N) is 5. The molecule has 5 rings (SSSR count). The molecule has 1 aliphatic rings. The minimum atomic E-state index is -0.719. The fourth-order valence-corrected chi connectivity index (χ4v) is 5.39. The van der Waals surface area contributed by atoms with Crippen LogP contribution in [0.1, 0.15) is 26.2 Å². The zero-order chi connectivity index (χ0) is 26.2. The molecule has 1 saturated heterocycles. The van der Waals surface area contributed by atoms with Gasteiger partial charge in [-0.15, -0.1) is 0 Å². The average Bonchev–Trinajstić information content (AvgIpc) is 3.27. The van der Waals surface area contributed by atoms with Crippen LogP contribution in [-0.2, 0) is 4.79 Å². The lowest BCUT2D eigenvalue weighted by Gasteiger charge is -2.40. The number of anilines is 1. The second-order valence-corrected chi connectivity index (χ2v) is 10.4. The number of piperidine rings is 1.